The summed E-state index contributed by atoms with van der Waals surface area (Å²) in [6.45, 7) is 13.2. The lowest BCUT2D eigenvalue weighted by atomic mass is 9.74. The number of aliphatic hydroxyl groups excluding tert-OH is 1. The van der Waals surface area contributed by atoms with Crippen molar-refractivity contribution in [2.75, 3.05) is 28.4 Å². The molecule has 0 saturated heterocycles. The highest BCUT2D eigenvalue weighted by molar-refractivity contribution is 8.00. The lowest BCUT2D eigenvalue weighted by Crippen LogP contribution is -2.28. The van der Waals surface area contributed by atoms with E-state index in [2.05, 4.69) is 101 Å². The topological polar surface area (TPSA) is 44.3 Å². The van der Waals surface area contributed by atoms with Gasteiger partial charge in [0.1, 0.15) is 5.76 Å². The summed E-state index contributed by atoms with van der Waals surface area (Å²) in [5, 5.41) is 18.7. The van der Waals surface area contributed by atoms with Gasteiger partial charge in [-0.3, -0.25) is 0 Å². The number of anilines is 3. The maximum atomic E-state index is 11.1. The van der Waals surface area contributed by atoms with E-state index < -0.39 is 0 Å². The van der Waals surface area contributed by atoms with E-state index in [4.69, 9.17) is 0 Å². The van der Waals surface area contributed by atoms with Crippen LogP contribution >= 0.6 is 23.5 Å². The monoisotopic (exact) mass is 524 g/mol. The zero-order valence-electron chi connectivity index (χ0n) is 23.0. The highest BCUT2D eigenvalue weighted by Crippen LogP contribution is 2.44. The van der Waals surface area contributed by atoms with Gasteiger partial charge >= 0.3 is 0 Å². The Morgan fingerprint density at radius 2 is 1.50 bits per heavy atom. The molecular weight excluding hydrogens is 480 g/mol. The molecule has 3 rings (SSSR count). The number of hydrogen-bond acceptors (Lipinski definition) is 5. The largest absolute Gasteiger partial charge is 0.508 e. The van der Waals surface area contributed by atoms with Crippen LogP contribution in [0.25, 0.3) is 0 Å². The van der Waals surface area contributed by atoms with Crippen LogP contribution in [-0.4, -0.2) is 34.2 Å². The Bertz CT molecular complexity index is 1030. The van der Waals surface area contributed by atoms with Crippen molar-refractivity contribution in [3.63, 3.8) is 0 Å². The number of aliphatic hydroxyl groups is 1. The van der Waals surface area contributed by atoms with Gasteiger partial charge in [-0.25, -0.2) is 0 Å². The number of rotatable bonds is 10. The highest BCUT2D eigenvalue weighted by atomic mass is 32.2. The molecule has 2 aromatic carbocycles. The predicted molar refractivity (Wildman–Crippen MR) is 164 cm³/mol. The molecule has 196 valence electrons. The SMILES string of the molecule is CSCCC(CSC1C=C(C(C)(C)C)C(O)=C(C(C)(C)C)C1)Nc1ccc(Nc2ccccc2)cc1. The normalized spacial score (nSPS) is 17.5. The maximum Gasteiger partial charge on any atom is 0.118 e. The van der Waals surface area contributed by atoms with Crippen molar-refractivity contribution in [2.45, 2.75) is 65.7 Å². The molecule has 0 radical (unpaired) electrons. The molecule has 0 fully saturated rings. The Hall–Kier alpha value is -1.98. The van der Waals surface area contributed by atoms with Crippen molar-refractivity contribution in [1.29, 1.82) is 0 Å². The van der Waals surface area contributed by atoms with Crippen LogP contribution in [-0.2, 0) is 0 Å². The summed E-state index contributed by atoms with van der Waals surface area (Å²) < 4.78 is 0. The summed E-state index contributed by atoms with van der Waals surface area (Å²) >= 11 is 3.92. The lowest BCUT2D eigenvalue weighted by molar-refractivity contribution is 0.339. The fourth-order valence-corrected chi connectivity index (χ4v) is 6.20. The minimum absolute atomic E-state index is 0.0420. The Morgan fingerprint density at radius 1 is 0.889 bits per heavy atom. The summed E-state index contributed by atoms with van der Waals surface area (Å²) in [5.41, 5.74) is 5.49. The summed E-state index contributed by atoms with van der Waals surface area (Å²) in [4.78, 5) is 0. The maximum absolute atomic E-state index is 11.1. The van der Waals surface area contributed by atoms with Crippen molar-refractivity contribution in [3.05, 3.63) is 77.6 Å². The standard InChI is InChI=1S/C31H44N2OS2/c1-30(2,3)27-19-26(20-28(29(27)34)31(4,5)6)36-21-25(17-18-35-7)33-24-15-13-23(14-16-24)32-22-11-9-8-10-12-22/h8-16,19,25-26,32-34H,17-18,20-21H2,1-7H3. The first-order valence-electron chi connectivity index (χ1n) is 12.9. The predicted octanol–water partition coefficient (Wildman–Crippen LogP) is 9.30. The van der Waals surface area contributed by atoms with Crippen LogP contribution in [0.2, 0.25) is 0 Å². The summed E-state index contributed by atoms with van der Waals surface area (Å²) in [5.74, 6) is 2.68. The van der Waals surface area contributed by atoms with Crippen molar-refractivity contribution in [1.82, 2.24) is 0 Å². The van der Waals surface area contributed by atoms with E-state index >= 15 is 0 Å². The quantitative estimate of drug-likeness (QED) is 0.289. The van der Waals surface area contributed by atoms with Gasteiger partial charge < -0.3 is 15.7 Å². The third-order valence-corrected chi connectivity index (χ3v) is 8.48. The molecule has 36 heavy (non-hydrogen) atoms. The van der Waals surface area contributed by atoms with Gasteiger partial charge in [-0.05, 0) is 83.2 Å². The molecule has 1 aliphatic carbocycles. The van der Waals surface area contributed by atoms with Crippen LogP contribution in [0.3, 0.4) is 0 Å². The van der Waals surface area contributed by atoms with E-state index in [0.29, 0.717) is 17.1 Å². The lowest BCUT2D eigenvalue weighted by Gasteiger charge is -2.36. The van der Waals surface area contributed by atoms with Crippen molar-refractivity contribution >= 4 is 40.6 Å². The number of allylic oxidation sites excluding steroid dienone is 2. The molecule has 0 saturated carbocycles. The molecule has 3 N–H and O–H groups in total. The number of hydrogen-bond donors (Lipinski definition) is 3. The molecule has 0 aliphatic heterocycles. The fourth-order valence-electron chi connectivity index (χ4n) is 4.43. The van der Waals surface area contributed by atoms with E-state index in [0.717, 1.165) is 47.0 Å². The van der Waals surface area contributed by atoms with Gasteiger partial charge in [-0.2, -0.15) is 23.5 Å². The molecule has 1 aliphatic rings. The van der Waals surface area contributed by atoms with Crippen LogP contribution in [0, 0.1) is 10.8 Å². The number of nitrogens with one attached hydrogen (secondary N) is 2. The molecule has 0 spiro atoms. The van der Waals surface area contributed by atoms with Gasteiger partial charge in [0.25, 0.3) is 0 Å². The smallest absolute Gasteiger partial charge is 0.118 e. The molecule has 0 aromatic heterocycles. The van der Waals surface area contributed by atoms with Crippen LogP contribution in [0.4, 0.5) is 17.1 Å². The van der Waals surface area contributed by atoms with E-state index in [9.17, 15) is 5.11 Å². The molecule has 0 amide bonds. The first kappa shape index (κ1) is 28.6. The van der Waals surface area contributed by atoms with E-state index in [1.54, 1.807) is 0 Å². The molecule has 2 unspecified atom stereocenters. The fraction of sp³-hybridized carbons (Fsp3) is 0.484. The Balaban J connectivity index is 1.67. The molecule has 3 nitrogen and oxygen atoms in total. The van der Waals surface area contributed by atoms with Gasteiger partial charge in [-0.15, -0.1) is 0 Å². The second-order valence-electron chi connectivity index (χ2n) is 11.7. The third kappa shape index (κ3) is 8.27. The van der Waals surface area contributed by atoms with Crippen LogP contribution in [0.15, 0.2) is 77.6 Å². The second-order valence-corrected chi connectivity index (χ2v) is 13.9. The van der Waals surface area contributed by atoms with Gasteiger partial charge in [0.2, 0.25) is 0 Å². The summed E-state index contributed by atoms with van der Waals surface area (Å²) in [6, 6.07) is 19.3. The van der Waals surface area contributed by atoms with Gasteiger partial charge in [0, 0.05) is 34.1 Å². The molecule has 2 atom stereocenters. The van der Waals surface area contributed by atoms with E-state index in [1.807, 2.05) is 41.7 Å². The molecule has 0 heterocycles. The Labute approximate surface area is 227 Å². The molecule has 5 heteroatoms. The molecule has 2 aromatic rings. The minimum atomic E-state index is -0.0775. The zero-order valence-corrected chi connectivity index (χ0v) is 24.7. The second kappa shape index (κ2) is 12.5. The molecule has 0 bridgehead atoms. The first-order valence-corrected chi connectivity index (χ1v) is 15.4. The average molecular weight is 525 g/mol. The first-order chi connectivity index (χ1) is 17.0. The van der Waals surface area contributed by atoms with E-state index in [1.165, 1.54) is 5.57 Å². The molecular formula is C31H44N2OS2. The minimum Gasteiger partial charge on any atom is -0.508 e. The highest BCUT2D eigenvalue weighted by Gasteiger charge is 2.34. The third-order valence-electron chi connectivity index (χ3n) is 6.51. The zero-order chi connectivity index (χ0) is 26.3. The Kier molecular flexibility index (Phi) is 9.94. The van der Waals surface area contributed by atoms with E-state index in [-0.39, 0.29) is 10.8 Å². The number of para-hydroxylation sites is 1. The van der Waals surface area contributed by atoms with Gasteiger partial charge in [-0.1, -0.05) is 65.8 Å². The summed E-state index contributed by atoms with van der Waals surface area (Å²) in [7, 11) is 0. The van der Waals surface area contributed by atoms with Crippen molar-refractivity contribution in [3.8, 4) is 0 Å². The number of thioether (sulfide) groups is 2. The van der Waals surface area contributed by atoms with Gasteiger partial charge in [0.15, 0.2) is 0 Å². The van der Waals surface area contributed by atoms with Crippen molar-refractivity contribution < 1.29 is 5.11 Å². The van der Waals surface area contributed by atoms with Gasteiger partial charge in [0.05, 0.1) is 0 Å². The van der Waals surface area contributed by atoms with Crippen LogP contribution < -0.4 is 10.6 Å². The van der Waals surface area contributed by atoms with Crippen LogP contribution in [0.5, 0.6) is 0 Å². The van der Waals surface area contributed by atoms with Crippen molar-refractivity contribution in [2.24, 2.45) is 10.8 Å². The summed E-state index contributed by atoms with van der Waals surface area (Å²) in [6.07, 6.45) is 6.53. The van der Waals surface area contributed by atoms with Crippen LogP contribution in [0.1, 0.15) is 54.4 Å². The average Bonchev–Trinajstić information content (AvgIpc) is 2.82. The number of benzene rings is 2. The Morgan fingerprint density at radius 3 is 2.08 bits per heavy atom.